The van der Waals surface area contributed by atoms with Gasteiger partial charge in [0.2, 0.25) is 0 Å². The second-order valence-corrected chi connectivity index (χ2v) is 20.5. The minimum atomic E-state index is -0.630. The number of carbonyl (C=O) groups excluding carboxylic acids is 2. The normalized spacial score (nSPS) is 19.8. The molecule has 6 heterocycles. The Morgan fingerprint density at radius 1 is 0.699 bits per heavy atom. The standard InChI is InChI=1S/C26H35N7O3S.C26H34N6O3S/c1-16(2)22(27)25(34)35-13-12-30-26(37)31-18-7-5-17(6-8-18)23(28)32-24(21-4-3-11-29-21)33-14-19-9-10-20(15-33)36-19;1-26(2,3)24(33)34-14-13-29-25(36)30-18-8-6-17(7-9-18)22(27)31-23(21-5-4-12-28-21)32-15-19-10-11-20(16-32)35-19/h3-8,11,16,19-20,22,28-29H,9-10,12-15,27H2,1-2H3,(H2,30,31,37);4-9,12,19-20,27-28H,10-11,13-16H2,1-3H3,(H2,29,30,36)/t19-,20+,22-;19-,20+/m1./s1. The summed E-state index contributed by atoms with van der Waals surface area (Å²) in [4.78, 5) is 44.0. The maximum Gasteiger partial charge on any atom is 0.323 e. The molecule has 0 aliphatic carbocycles. The van der Waals surface area contributed by atoms with E-state index in [0.717, 1.165) is 86.3 Å². The molecule has 8 rings (SSSR count). The summed E-state index contributed by atoms with van der Waals surface area (Å²) in [5.74, 6) is 1.25. The number of H-pyrrole nitrogens is 2. The number of thiocarbonyl (C=S) groups is 2. The molecule has 0 amide bonds. The van der Waals surface area contributed by atoms with Crippen molar-refractivity contribution in [1.29, 1.82) is 10.8 Å². The SMILES string of the molecule is CC(C)(C)C(=O)OCCNC(=S)Nc1ccc(C(=N)N=C(c2ccc[nH]2)N2C[C@H]3CC[C@@H](C2)O3)cc1.CC(C)[C@@H](N)C(=O)OCCNC(=S)Nc1ccc(C(=N)N=C(c2ccc[nH]2)N2C[C@H]3CC[C@@H](C2)O3)cc1. The topological polar surface area (TPSA) is 256 Å². The van der Waals surface area contributed by atoms with Crippen LogP contribution < -0.4 is 27.0 Å². The van der Waals surface area contributed by atoms with Crippen LogP contribution in [-0.4, -0.2) is 148 Å². The van der Waals surface area contributed by atoms with Gasteiger partial charge in [-0.1, -0.05) is 13.8 Å². The first kappa shape index (κ1) is 54.3. The quantitative estimate of drug-likeness (QED) is 0.0231. The lowest BCUT2D eigenvalue weighted by Gasteiger charge is -2.34. The molecule has 2 aromatic carbocycles. The number of aromatic amines is 2. The molecule has 0 unspecified atom stereocenters. The van der Waals surface area contributed by atoms with E-state index in [2.05, 4.69) is 41.0 Å². The second kappa shape index (κ2) is 25.4. The van der Waals surface area contributed by atoms with Crippen LogP contribution in [-0.2, 0) is 28.5 Å². The number of ether oxygens (including phenoxy) is 4. The molecule has 73 heavy (non-hydrogen) atoms. The summed E-state index contributed by atoms with van der Waals surface area (Å²) >= 11 is 10.6. The molecule has 0 saturated carbocycles. The molecular weight excluding hydrogens is 967 g/mol. The number of hydrogen-bond acceptors (Lipinski definition) is 11. The molecule has 4 aromatic rings. The highest BCUT2D eigenvalue weighted by atomic mass is 32.1. The number of morpholine rings is 2. The van der Waals surface area contributed by atoms with Crippen LogP contribution in [0.4, 0.5) is 11.4 Å². The zero-order chi connectivity index (χ0) is 52.1. The van der Waals surface area contributed by atoms with E-state index in [-0.39, 0.29) is 61.2 Å². The Morgan fingerprint density at radius 3 is 1.45 bits per heavy atom. The number of rotatable bonds is 14. The van der Waals surface area contributed by atoms with Crippen LogP contribution in [0.1, 0.15) is 82.8 Å². The molecule has 2 aromatic heterocycles. The summed E-state index contributed by atoms with van der Waals surface area (Å²) in [6, 6.07) is 22.0. The fourth-order valence-corrected chi connectivity index (χ4v) is 8.88. The Balaban J connectivity index is 0.000000214. The Morgan fingerprint density at radius 2 is 1.10 bits per heavy atom. The lowest BCUT2D eigenvalue weighted by atomic mass is 9.97. The molecule has 4 saturated heterocycles. The Labute approximate surface area is 437 Å². The zero-order valence-corrected chi connectivity index (χ0v) is 43.8. The summed E-state index contributed by atoms with van der Waals surface area (Å²) in [5.41, 5.74) is 9.98. The third-order valence-corrected chi connectivity index (χ3v) is 13.0. The average molecular weight is 1040 g/mol. The van der Waals surface area contributed by atoms with Crippen LogP contribution in [0.2, 0.25) is 0 Å². The van der Waals surface area contributed by atoms with Gasteiger partial charge in [0.15, 0.2) is 33.6 Å². The Hall–Kier alpha value is -6.52. The molecule has 10 N–H and O–H groups in total. The molecule has 4 fully saturated rings. The third-order valence-electron chi connectivity index (χ3n) is 12.5. The lowest BCUT2D eigenvalue weighted by molar-refractivity contribution is -0.152. The fourth-order valence-electron chi connectivity index (χ4n) is 8.44. The van der Waals surface area contributed by atoms with Crippen LogP contribution in [0.5, 0.6) is 0 Å². The number of amidine groups is 4. The van der Waals surface area contributed by atoms with Crippen LogP contribution in [0, 0.1) is 22.2 Å². The Bertz CT molecular complexity index is 2560. The van der Waals surface area contributed by atoms with E-state index in [4.69, 9.17) is 69.9 Å². The van der Waals surface area contributed by atoms with E-state index >= 15 is 0 Å². The highest BCUT2D eigenvalue weighted by Crippen LogP contribution is 2.29. The van der Waals surface area contributed by atoms with Crippen molar-refractivity contribution in [2.45, 2.75) is 90.8 Å². The Kier molecular flexibility index (Phi) is 18.9. The van der Waals surface area contributed by atoms with Gasteiger partial charge in [0.1, 0.15) is 19.3 Å². The number of aromatic nitrogens is 2. The van der Waals surface area contributed by atoms with E-state index in [9.17, 15) is 9.59 Å². The van der Waals surface area contributed by atoms with Gasteiger partial charge >= 0.3 is 11.9 Å². The number of aliphatic imine (C=N–C) groups is 2. The van der Waals surface area contributed by atoms with Gasteiger partial charge in [0.25, 0.3) is 0 Å². The predicted octanol–water partition coefficient (Wildman–Crippen LogP) is 5.99. The minimum absolute atomic E-state index is 0.0212. The van der Waals surface area contributed by atoms with E-state index in [1.807, 2.05) is 120 Å². The van der Waals surface area contributed by atoms with E-state index in [1.165, 1.54) is 0 Å². The van der Waals surface area contributed by atoms with Gasteiger partial charge in [-0.25, -0.2) is 9.98 Å². The van der Waals surface area contributed by atoms with Gasteiger partial charge in [-0.15, -0.1) is 0 Å². The number of hydrogen-bond donors (Lipinski definition) is 9. The smallest absolute Gasteiger partial charge is 0.323 e. The minimum Gasteiger partial charge on any atom is -0.463 e. The second-order valence-electron chi connectivity index (χ2n) is 19.7. The molecule has 19 nitrogen and oxygen atoms in total. The summed E-state index contributed by atoms with van der Waals surface area (Å²) in [7, 11) is 0. The van der Waals surface area contributed by atoms with E-state index in [0.29, 0.717) is 34.4 Å². The number of esters is 2. The molecule has 0 spiro atoms. The molecule has 4 aliphatic heterocycles. The lowest BCUT2D eigenvalue weighted by Crippen LogP contribution is -2.46. The van der Waals surface area contributed by atoms with Crippen LogP contribution in [0.25, 0.3) is 0 Å². The van der Waals surface area contributed by atoms with Crippen LogP contribution in [0.15, 0.2) is 95.2 Å². The largest absolute Gasteiger partial charge is 0.463 e. The van der Waals surface area contributed by atoms with Crippen molar-refractivity contribution in [2.75, 3.05) is 63.1 Å². The van der Waals surface area contributed by atoms with Crippen molar-refractivity contribution in [3.63, 3.8) is 0 Å². The van der Waals surface area contributed by atoms with Crippen LogP contribution >= 0.6 is 24.4 Å². The first-order valence-corrected chi connectivity index (χ1v) is 25.6. The van der Waals surface area contributed by atoms with Gasteiger partial charge in [-0.05, 0) is 150 Å². The number of benzene rings is 2. The van der Waals surface area contributed by atoms with Gasteiger partial charge in [0, 0.05) is 61.1 Å². The summed E-state index contributed by atoms with van der Waals surface area (Å²) < 4.78 is 22.3. The molecule has 4 bridgehead atoms. The van der Waals surface area contributed by atoms with Gasteiger partial charge in [-0.2, -0.15) is 0 Å². The molecule has 4 aliphatic rings. The van der Waals surface area contributed by atoms with Crippen LogP contribution in [0.3, 0.4) is 0 Å². The molecule has 21 heteroatoms. The van der Waals surface area contributed by atoms with Crippen molar-refractivity contribution in [3.05, 3.63) is 108 Å². The highest BCUT2D eigenvalue weighted by molar-refractivity contribution is 7.80. The third kappa shape index (κ3) is 15.7. The zero-order valence-electron chi connectivity index (χ0n) is 42.2. The number of likely N-dealkylation sites (tertiary alicyclic amines) is 2. The molecule has 0 radical (unpaired) electrons. The van der Waals surface area contributed by atoms with Gasteiger partial charge < -0.3 is 65.7 Å². The van der Waals surface area contributed by atoms with Crippen molar-refractivity contribution in [1.82, 2.24) is 30.4 Å². The van der Waals surface area contributed by atoms with E-state index in [1.54, 1.807) is 0 Å². The first-order valence-electron chi connectivity index (χ1n) is 24.8. The summed E-state index contributed by atoms with van der Waals surface area (Å²) in [6.45, 7) is 13.5. The maximum absolute atomic E-state index is 11.8. The molecular formula is C52H69N13O6S2. The number of nitrogens with zero attached hydrogens (tertiary/aromatic N) is 4. The van der Waals surface area contributed by atoms with Crippen molar-refractivity contribution in [2.24, 2.45) is 27.1 Å². The fraction of sp³-hybridized carbons (Fsp3) is 0.462. The number of anilines is 2. The average Bonchev–Trinajstić information content (AvgIpc) is 4.22. The first-order chi connectivity index (χ1) is 35.0. The summed E-state index contributed by atoms with van der Waals surface area (Å²) in [6.07, 6.45) is 8.92. The predicted molar refractivity (Wildman–Crippen MR) is 293 cm³/mol. The molecule has 5 atom stereocenters. The number of nitrogens with two attached hydrogens (primary N) is 1. The molecule has 390 valence electrons. The number of fused-ring (bicyclic) bond motifs is 4. The van der Waals surface area contributed by atoms with Crippen molar-refractivity contribution in [3.8, 4) is 0 Å². The van der Waals surface area contributed by atoms with E-state index < -0.39 is 17.4 Å². The van der Waals surface area contributed by atoms with Crippen molar-refractivity contribution < 1.29 is 28.5 Å². The highest BCUT2D eigenvalue weighted by Gasteiger charge is 2.37. The number of carbonyl (C=O) groups is 2. The number of nitrogens with one attached hydrogen (secondary N) is 8. The van der Waals surface area contributed by atoms with Gasteiger partial charge in [0.05, 0.1) is 54.3 Å². The van der Waals surface area contributed by atoms with Gasteiger partial charge in [-0.3, -0.25) is 20.4 Å². The maximum atomic E-state index is 11.8. The van der Waals surface area contributed by atoms with Crippen molar-refractivity contribution >= 4 is 81.3 Å². The summed E-state index contributed by atoms with van der Waals surface area (Å²) in [5, 5.41) is 30.3. The monoisotopic (exact) mass is 1040 g/mol.